The van der Waals surface area contributed by atoms with E-state index in [0.717, 1.165) is 39.2 Å². The largest absolute Gasteiger partial charge is 0.319 e. The lowest BCUT2D eigenvalue weighted by Gasteiger charge is -2.10. The van der Waals surface area contributed by atoms with Crippen molar-refractivity contribution in [2.45, 2.75) is 27.7 Å². The molecule has 0 saturated carbocycles. The number of carbonyl (C=O) groups is 1. The molecule has 5 nitrogen and oxygen atoms in total. The van der Waals surface area contributed by atoms with E-state index in [1.807, 2.05) is 94.4 Å². The third-order valence-corrected chi connectivity index (χ3v) is 5.15. The molecule has 150 valence electrons. The van der Waals surface area contributed by atoms with Crippen LogP contribution in [0.25, 0.3) is 17.1 Å². The highest BCUT2D eigenvalue weighted by atomic mass is 16.2. The van der Waals surface area contributed by atoms with Gasteiger partial charge in [-0.1, -0.05) is 60.2 Å². The minimum absolute atomic E-state index is 0.136. The number of nitrogens with zero attached hydrogens (tertiary/aromatic N) is 3. The Morgan fingerprint density at radius 3 is 2.20 bits per heavy atom. The molecule has 3 aromatic carbocycles. The van der Waals surface area contributed by atoms with Crippen molar-refractivity contribution < 1.29 is 4.79 Å². The standard InChI is InChI=1S/C25H24N4O/c1-16-9-7-13-20(15-16)24-27-23(28-29(24)21-14-6-5-10-17(21)2)25(30)26-22-18(3)11-8-12-19(22)4/h5-15H,1-4H3,(H,26,30). The molecule has 0 fully saturated rings. The second kappa shape index (κ2) is 7.95. The van der Waals surface area contributed by atoms with E-state index in [2.05, 4.69) is 15.4 Å². The number of aromatic nitrogens is 3. The Morgan fingerprint density at radius 2 is 1.50 bits per heavy atom. The van der Waals surface area contributed by atoms with E-state index in [9.17, 15) is 4.79 Å². The van der Waals surface area contributed by atoms with Gasteiger partial charge < -0.3 is 5.32 Å². The van der Waals surface area contributed by atoms with E-state index in [1.165, 1.54) is 0 Å². The van der Waals surface area contributed by atoms with Crippen molar-refractivity contribution in [1.82, 2.24) is 14.8 Å². The van der Waals surface area contributed by atoms with Gasteiger partial charge in [0.2, 0.25) is 5.82 Å². The Hall–Kier alpha value is -3.73. The van der Waals surface area contributed by atoms with Gasteiger partial charge in [0.15, 0.2) is 5.82 Å². The van der Waals surface area contributed by atoms with Crippen LogP contribution in [-0.2, 0) is 0 Å². The van der Waals surface area contributed by atoms with Crippen LogP contribution < -0.4 is 5.32 Å². The molecule has 1 heterocycles. The molecule has 0 radical (unpaired) electrons. The van der Waals surface area contributed by atoms with Crippen molar-refractivity contribution in [3.8, 4) is 17.1 Å². The Kier molecular flexibility index (Phi) is 5.19. The number of rotatable bonds is 4. The second-order valence-electron chi connectivity index (χ2n) is 7.55. The molecule has 30 heavy (non-hydrogen) atoms. The summed E-state index contributed by atoms with van der Waals surface area (Å²) in [4.78, 5) is 17.7. The molecule has 0 aliphatic carbocycles. The Balaban J connectivity index is 1.81. The summed E-state index contributed by atoms with van der Waals surface area (Å²) in [5.41, 5.74) is 6.78. The van der Waals surface area contributed by atoms with Crippen LogP contribution in [0.3, 0.4) is 0 Å². The Labute approximate surface area is 176 Å². The van der Waals surface area contributed by atoms with E-state index in [1.54, 1.807) is 4.68 Å². The van der Waals surface area contributed by atoms with Gasteiger partial charge in [-0.3, -0.25) is 4.79 Å². The summed E-state index contributed by atoms with van der Waals surface area (Å²) in [6, 6.07) is 21.9. The number of aryl methyl sites for hydroxylation is 4. The number of hydrogen-bond donors (Lipinski definition) is 1. The molecule has 0 atom stereocenters. The molecule has 4 rings (SSSR count). The molecule has 1 N–H and O–H groups in total. The molecular weight excluding hydrogens is 372 g/mol. The van der Waals surface area contributed by atoms with Crippen LogP contribution in [0.5, 0.6) is 0 Å². The van der Waals surface area contributed by atoms with Gasteiger partial charge in [0.1, 0.15) is 0 Å². The quantitative estimate of drug-likeness (QED) is 0.501. The van der Waals surface area contributed by atoms with Crippen LogP contribution in [0.4, 0.5) is 5.69 Å². The van der Waals surface area contributed by atoms with Crippen LogP contribution in [0, 0.1) is 27.7 Å². The van der Waals surface area contributed by atoms with Gasteiger partial charge in [-0.2, -0.15) is 0 Å². The zero-order valence-corrected chi connectivity index (χ0v) is 17.6. The number of nitrogens with one attached hydrogen (secondary N) is 1. The van der Waals surface area contributed by atoms with Crippen molar-refractivity contribution in [2.75, 3.05) is 5.32 Å². The summed E-state index contributed by atoms with van der Waals surface area (Å²) in [5, 5.41) is 7.58. The fourth-order valence-electron chi connectivity index (χ4n) is 3.53. The van der Waals surface area contributed by atoms with Gasteiger partial charge in [-0.15, -0.1) is 5.10 Å². The van der Waals surface area contributed by atoms with E-state index >= 15 is 0 Å². The summed E-state index contributed by atoms with van der Waals surface area (Å²) in [5.74, 6) is 0.450. The SMILES string of the molecule is Cc1cccc(-c2nc(C(=O)Nc3c(C)cccc3C)nn2-c2ccccc2C)c1. The zero-order valence-electron chi connectivity index (χ0n) is 17.6. The first-order valence-corrected chi connectivity index (χ1v) is 9.91. The van der Waals surface area contributed by atoms with Crippen molar-refractivity contribution in [3.05, 3.63) is 94.8 Å². The maximum absolute atomic E-state index is 13.0. The van der Waals surface area contributed by atoms with Crippen LogP contribution in [0.2, 0.25) is 0 Å². The summed E-state index contributed by atoms with van der Waals surface area (Å²) < 4.78 is 1.75. The lowest BCUT2D eigenvalue weighted by molar-refractivity contribution is 0.101. The predicted molar refractivity (Wildman–Crippen MR) is 120 cm³/mol. The summed E-state index contributed by atoms with van der Waals surface area (Å²) in [6.07, 6.45) is 0. The first kappa shape index (κ1) is 19.6. The molecule has 0 aliphatic rings. The maximum Gasteiger partial charge on any atom is 0.295 e. The monoisotopic (exact) mass is 396 g/mol. The number of amides is 1. The number of carbonyl (C=O) groups excluding carboxylic acids is 1. The second-order valence-corrected chi connectivity index (χ2v) is 7.55. The average molecular weight is 396 g/mol. The van der Waals surface area contributed by atoms with Crippen molar-refractivity contribution in [3.63, 3.8) is 0 Å². The van der Waals surface area contributed by atoms with E-state index < -0.39 is 0 Å². The summed E-state index contributed by atoms with van der Waals surface area (Å²) in [7, 11) is 0. The molecule has 0 bridgehead atoms. The van der Waals surface area contributed by atoms with Crippen molar-refractivity contribution in [1.29, 1.82) is 0 Å². The lowest BCUT2D eigenvalue weighted by atomic mass is 10.1. The predicted octanol–water partition coefficient (Wildman–Crippen LogP) is 5.42. The lowest BCUT2D eigenvalue weighted by Crippen LogP contribution is -2.16. The van der Waals surface area contributed by atoms with Crippen LogP contribution in [0.15, 0.2) is 66.7 Å². The molecule has 1 amide bonds. The summed E-state index contributed by atoms with van der Waals surface area (Å²) in [6.45, 7) is 8.00. The van der Waals surface area contributed by atoms with Gasteiger partial charge in [-0.25, -0.2) is 9.67 Å². The third-order valence-electron chi connectivity index (χ3n) is 5.15. The number of para-hydroxylation sites is 2. The first-order chi connectivity index (χ1) is 14.4. The van der Waals surface area contributed by atoms with Crippen LogP contribution >= 0.6 is 0 Å². The topological polar surface area (TPSA) is 59.8 Å². The molecule has 5 heteroatoms. The van der Waals surface area contributed by atoms with Gasteiger partial charge in [-0.05, 0) is 56.5 Å². The minimum atomic E-state index is -0.325. The third kappa shape index (κ3) is 3.74. The van der Waals surface area contributed by atoms with Gasteiger partial charge in [0.05, 0.1) is 5.69 Å². The van der Waals surface area contributed by atoms with Crippen LogP contribution in [0.1, 0.15) is 32.9 Å². The molecule has 1 aromatic heterocycles. The highest BCUT2D eigenvalue weighted by Crippen LogP contribution is 2.25. The fourth-order valence-corrected chi connectivity index (χ4v) is 3.53. The highest BCUT2D eigenvalue weighted by molar-refractivity contribution is 6.02. The fraction of sp³-hybridized carbons (Fsp3) is 0.160. The molecule has 0 aliphatic heterocycles. The highest BCUT2D eigenvalue weighted by Gasteiger charge is 2.20. The molecule has 0 unspecified atom stereocenters. The van der Waals surface area contributed by atoms with Crippen molar-refractivity contribution in [2.24, 2.45) is 0 Å². The Morgan fingerprint density at radius 1 is 0.833 bits per heavy atom. The number of anilines is 1. The smallest absolute Gasteiger partial charge is 0.295 e. The van der Waals surface area contributed by atoms with Gasteiger partial charge in [0, 0.05) is 11.3 Å². The van der Waals surface area contributed by atoms with Gasteiger partial charge >= 0.3 is 0 Å². The summed E-state index contributed by atoms with van der Waals surface area (Å²) >= 11 is 0. The molecule has 0 spiro atoms. The Bertz CT molecular complexity index is 1220. The first-order valence-electron chi connectivity index (χ1n) is 9.91. The number of benzene rings is 3. The van der Waals surface area contributed by atoms with E-state index in [-0.39, 0.29) is 11.7 Å². The molecule has 4 aromatic rings. The maximum atomic E-state index is 13.0. The number of hydrogen-bond acceptors (Lipinski definition) is 3. The van der Waals surface area contributed by atoms with Gasteiger partial charge in [0.25, 0.3) is 5.91 Å². The van der Waals surface area contributed by atoms with Crippen LogP contribution in [-0.4, -0.2) is 20.7 Å². The van der Waals surface area contributed by atoms with E-state index in [0.29, 0.717) is 5.82 Å². The zero-order chi connectivity index (χ0) is 21.3. The van der Waals surface area contributed by atoms with E-state index in [4.69, 9.17) is 0 Å². The molecule has 0 saturated heterocycles. The normalized spacial score (nSPS) is 10.8. The minimum Gasteiger partial charge on any atom is -0.319 e. The average Bonchev–Trinajstić information content (AvgIpc) is 3.16. The molecular formula is C25H24N4O. The van der Waals surface area contributed by atoms with Crippen molar-refractivity contribution >= 4 is 11.6 Å².